The molecule has 0 atom stereocenters. The van der Waals surface area contributed by atoms with Crippen LogP contribution in [0.15, 0.2) is 64.3 Å². The fourth-order valence-electron chi connectivity index (χ4n) is 2.67. The van der Waals surface area contributed by atoms with E-state index in [1.165, 1.54) is 11.8 Å². The van der Waals surface area contributed by atoms with Crippen LogP contribution in [-0.2, 0) is 12.3 Å². The van der Waals surface area contributed by atoms with E-state index in [1.54, 1.807) is 6.92 Å². The molecule has 27 heavy (non-hydrogen) atoms. The van der Waals surface area contributed by atoms with Crippen molar-refractivity contribution >= 4 is 23.4 Å². The molecule has 0 aliphatic heterocycles. The average Bonchev–Trinajstić information content (AvgIpc) is 3.27. The molecule has 0 fully saturated rings. The van der Waals surface area contributed by atoms with E-state index < -0.39 is 0 Å². The molecule has 2 aromatic carbocycles. The van der Waals surface area contributed by atoms with Crippen LogP contribution in [0.4, 0.5) is 0 Å². The maximum absolute atomic E-state index is 6.40. The summed E-state index contributed by atoms with van der Waals surface area (Å²) in [5, 5.41) is 14.0. The predicted molar refractivity (Wildman–Crippen MR) is 105 cm³/mol. The smallest absolute Gasteiger partial charge is 0.237 e. The Morgan fingerprint density at radius 1 is 1.04 bits per heavy atom. The van der Waals surface area contributed by atoms with Gasteiger partial charge in [0.25, 0.3) is 0 Å². The summed E-state index contributed by atoms with van der Waals surface area (Å²) in [6.07, 6.45) is 0. The molecule has 4 aromatic rings. The van der Waals surface area contributed by atoms with Crippen LogP contribution in [0, 0.1) is 6.92 Å². The van der Waals surface area contributed by atoms with Crippen LogP contribution in [-0.4, -0.2) is 24.9 Å². The summed E-state index contributed by atoms with van der Waals surface area (Å²) < 4.78 is 7.25. The lowest BCUT2D eigenvalue weighted by Gasteiger charge is -2.11. The van der Waals surface area contributed by atoms with E-state index in [0.717, 1.165) is 22.1 Å². The van der Waals surface area contributed by atoms with Crippen molar-refractivity contribution in [2.24, 2.45) is 0 Å². The van der Waals surface area contributed by atoms with Gasteiger partial charge in [0.05, 0.1) is 17.3 Å². The fourth-order valence-corrected chi connectivity index (χ4v) is 3.67. The molecule has 0 saturated heterocycles. The molecule has 0 radical (unpaired) electrons. The van der Waals surface area contributed by atoms with Gasteiger partial charge in [-0.05, 0) is 24.6 Å². The third-order valence-electron chi connectivity index (χ3n) is 3.91. The molecule has 136 valence electrons. The van der Waals surface area contributed by atoms with Crippen LogP contribution in [0.25, 0.3) is 11.4 Å². The summed E-state index contributed by atoms with van der Waals surface area (Å²) in [7, 11) is 0. The van der Waals surface area contributed by atoms with E-state index in [2.05, 4.69) is 37.0 Å². The summed E-state index contributed by atoms with van der Waals surface area (Å²) in [6.45, 7) is 2.44. The number of halogens is 1. The highest BCUT2D eigenvalue weighted by Crippen LogP contribution is 2.30. The summed E-state index contributed by atoms with van der Waals surface area (Å²) in [5.41, 5.74) is 2.00. The Morgan fingerprint density at radius 2 is 1.81 bits per heavy atom. The second-order valence-electron chi connectivity index (χ2n) is 5.88. The minimum Gasteiger partial charge on any atom is -0.338 e. The number of benzene rings is 2. The van der Waals surface area contributed by atoms with Gasteiger partial charge in [-0.3, -0.25) is 4.57 Å². The lowest BCUT2D eigenvalue weighted by atomic mass is 10.2. The van der Waals surface area contributed by atoms with Crippen molar-refractivity contribution in [2.45, 2.75) is 24.4 Å². The van der Waals surface area contributed by atoms with Crippen molar-refractivity contribution in [1.82, 2.24) is 24.9 Å². The van der Waals surface area contributed by atoms with Gasteiger partial charge in [-0.15, -0.1) is 10.2 Å². The molecule has 8 heteroatoms. The summed E-state index contributed by atoms with van der Waals surface area (Å²) in [6, 6.07) is 17.8. The van der Waals surface area contributed by atoms with Crippen molar-refractivity contribution in [3.05, 3.63) is 76.9 Å². The number of aryl methyl sites for hydroxylation is 1. The number of hydrogen-bond donors (Lipinski definition) is 0. The standard InChI is InChI=1S/C19H16ClN5OS/c1-13-21-17(26-24-13)12-27-19-23-22-18(15-9-5-6-10-16(15)20)25(19)11-14-7-3-2-4-8-14/h2-10H,11-12H2,1H3. The van der Waals surface area contributed by atoms with Crippen molar-refractivity contribution in [1.29, 1.82) is 0 Å². The zero-order valence-corrected chi connectivity index (χ0v) is 16.1. The van der Waals surface area contributed by atoms with Gasteiger partial charge in [0.1, 0.15) is 0 Å². The van der Waals surface area contributed by atoms with Crippen molar-refractivity contribution in [3.8, 4) is 11.4 Å². The van der Waals surface area contributed by atoms with Crippen LogP contribution in [0.1, 0.15) is 17.3 Å². The molecular formula is C19H16ClN5OS. The quantitative estimate of drug-likeness (QED) is 0.442. The van der Waals surface area contributed by atoms with Crippen LogP contribution in [0.3, 0.4) is 0 Å². The first-order chi connectivity index (χ1) is 13.2. The first kappa shape index (κ1) is 17.8. The first-order valence-electron chi connectivity index (χ1n) is 8.35. The molecule has 0 saturated carbocycles. The number of rotatable bonds is 6. The van der Waals surface area contributed by atoms with Gasteiger partial charge in [0.2, 0.25) is 5.89 Å². The zero-order chi connectivity index (χ0) is 18.6. The highest BCUT2D eigenvalue weighted by atomic mass is 35.5. The molecular weight excluding hydrogens is 382 g/mol. The summed E-state index contributed by atoms with van der Waals surface area (Å²) in [4.78, 5) is 4.24. The fraction of sp³-hybridized carbons (Fsp3) is 0.158. The molecule has 0 bridgehead atoms. The number of aromatic nitrogens is 5. The second-order valence-corrected chi connectivity index (χ2v) is 7.23. The molecule has 0 amide bonds. The Balaban J connectivity index is 1.69. The zero-order valence-electron chi connectivity index (χ0n) is 14.5. The van der Waals surface area contributed by atoms with E-state index in [1.807, 2.05) is 42.5 Å². The molecule has 0 spiro atoms. The summed E-state index contributed by atoms with van der Waals surface area (Å²) in [5.74, 6) is 2.43. The van der Waals surface area contributed by atoms with Gasteiger partial charge in [0.15, 0.2) is 16.8 Å². The van der Waals surface area contributed by atoms with Gasteiger partial charge in [0, 0.05) is 5.56 Å². The van der Waals surface area contributed by atoms with Crippen LogP contribution in [0.2, 0.25) is 5.02 Å². The van der Waals surface area contributed by atoms with Crippen LogP contribution < -0.4 is 0 Å². The van der Waals surface area contributed by atoms with E-state index in [0.29, 0.717) is 29.0 Å². The lowest BCUT2D eigenvalue weighted by Crippen LogP contribution is -2.04. The highest BCUT2D eigenvalue weighted by Gasteiger charge is 2.17. The number of thioether (sulfide) groups is 1. The summed E-state index contributed by atoms with van der Waals surface area (Å²) >= 11 is 7.90. The van der Waals surface area contributed by atoms with E-state index in [4.69, 9.17) is 16.1 Å². The van der Waals surface area contributed by atoms with Crippen LogP contribution >= 0.6 is 23.4 Å². The minimum absolute atomic E-state index is 0.524. The van der Waals surface area contributed by atoms with Crippen molar-refractivity contribution in [3.63, 3.8) is 0 Å². The Kier molecular flexibility index (Phi) is 5.22. The van der Waals surface area contributed by atoms with Gasteiger partial charge < -0.3 is 4.52 Å². The maximum atomic E-state index is 6.40. The minimum atomic E-state index is 0.524. The molecule has 0 aliphatic rings. The van der Waals surface area contributed by atoms with Gasteiger partial charge in [-0.1, -0.05) is 71.0 Å². The first-order valence-corrected chi connectivity index (χ1v) is 9.71. The van der Waals surface area contributed by atoms with E-state index >= 15 is 0 Å². The third-order valence-corrected chi connectivity index (χ3v) is 5.19. The second kappa shape index (κ2) is 7.94. The largest absolute Gasteiger partial charge is 0.338 e. The van der Waals surface area contributed by atoms with Gasteiger partial charge in [-0.2, -0.15) is 4.98 Å². The van der Waals surface area contributed by atoms with Gasteiger partial charge >= 0.3 is 0 Å². The Morgan fingerprint density at radius 3 is 2.56 bits per heavy atom. The van der Waals surface area contributed by atoms with Crippen molar-refractivity contribution < 1.29 is 4.52 Å². The molecule has 0 unspecified atom stereocenters. The van der Waals surface area contributed by atoms with Gasteiger partial charge in [-0.25, -0.2) is 0 Å². The predicted octanol–water partition coefficient (Wildman–Crippen LogP) is 4.63. The van der Waals surface area contributed by atoms with Crippen molar-refractivity contribution in [2.75, 3.05) is 0 Å². The number of nitrogens with zero attached hydrogens (tertiary/aromatic N) is 5. The molecule has 2 aromatic heterocycles. The molecule has 0 aliphatic carbocycles. The molecule has 4 rings (SSSR count). The maximum Gasteiger partial charge on any atom is 0.237 e. The molecule has 2 heterocycles. The monoisotopic (exact) mass is 397 g/mol. The molecule has 0 N–H and O–H groups in total. The van der Waals surface area contributed by atoms with Crippen LogP contribution in [0.5, 0.6) is 0 Å². The normalized spacial score (nSPS) is 11.0. The highest BCUT2D eigenvalue weighted by molar-refractivity contribution is 7.98. The Labute approximate surface area is 165 Å². The SMILES string of the molecule is Cc1noc(CSc2nnc(-c3ccccc3Cl)n2Cc2ccccc2)n1. The topological polar surface area (TPSA) is 69.6 Å². The van der Waals surface area contributed by atoms with E-state index in [-0.39, 0.29) is 0 Å². The Hall–Kier alpha value is -2.64. The number of hydrogen-bond acceptors (Lipinski definition) is 6. The van der Waals surface area contributed by atoms with E-state index in [9.17, 15) is 0 Å². The third kappa shape index (κ3) is 4.04. The Bertz CT molecular complexity index is 1050. The molecule has 6 nitrogen and oxygen atoms in total. The average molecular weight is 398 g/mol. The lowest BCUT2D eigenvalue weighted by molar-refractivity contribution is 0.387.